The molecule has 0 bridgehead atoms. The molecule has 0 spiro atoms. The molecule has 2 atom stereocenters. The predicted octanol–water partition coefficient (Wildman–Crippen LogP) is 1.50. The third kappa shape index (κ3) is 1.12. The summed E-state index contributed by atoms with van der Waals surface area (Å²) in [5.74, 6) is 1.38. The van der Waals surface area contributed by atoms with Crippen LogP contribution in [0.4, 0.5) is 0 Å². The van der Waals surface area contributed by atoms with E-state index in [2.05, 4.69) is 11.3 Å². The first-order chi connectivity index (χ1) is 6.77. The smallest absolute Gasteiger partial charge is 0.0527 e. The van der Waals surface area contributed by atoms with E-state index >= 15 is 0 Å². The van der Waals surface area contributed by atoms with Crippen molar-refractivity contribution in [3.05, 3.63) is 17.5 Å². The lowest BCUT2D eigenvalue weighted by atomic mass is 9.76. The zero-order chi connectivity index (χ0) is 9.71. The van der Waals surface area contributed by atoms with Gasteiger partial charge in [0.15, 0.2) is 0 Å². The molecule has 3 heteroatoms. The van der Waals surface area contributed by atoms with Crippen LogP contribution in [0, 0.1) is 0 Å². The highest BCUT2D eigenvalue weighted by atomic mass is 15.3. The SMILES string of the molecule is Cn1ncc(C2CC2)c1C1CCC1N. The van der Waals surface area contributed by atoms with Crippen LogP contribution in [0.15, 0.2) is 6.20 Å². The van der Waals surface area contributed by atoms with E-state index in [1.807, 2.05) is 11.7 Å². The Hall–Kier alpha value is -0.830. The van der Waals surface area contributed by atoms with Crippen LogP contribution in [0.25, 0.3) is 0 Å². The molecule has 3 rings (SSSR count). The Labute approximate surface area is 84.3 Å². The highest BCUT2D eigenvalue weighted by Crippen LogP contribution is 2.46. The first kappa shape index (κ1) is 8.48. The standard InChI is InChI=1S/C11H17N3/c1-14-11(8-4-5-10(8)12)9(6-13-14)7-2-3-7/h6-8,10H,2-5,12H2,1H3. The molecule has 0 saturated heterocycles. The lowest BCUT2D eigenvalue weighted by Crippen LogP contribution is -2.38. The molecular weight excluding hydrogens is 174 g/mol. The van der Waals surface area contributed by atoms with Gasteiger partial charge >= 0.3 is 0 Å². The molecule has 0 aliphatic heterocycles. The van der Waals surface area contributed by atoms with Gasteiger partial charge in [-0.3, -0.25) is 4.68 Å². The number of hydrogen-bond donors (Lipinski definition) is 1. The van der Waals surface area contributed by atoms with Gasteiger partial charge in [0.1, 0.15) is 0 Å². The fourth-order valence-corrected chi connectivity index (χ4v) is 2.49. The Morgan fingerprint density at radius 3 is 2.64 bits per heavy atom. The molecule has 0 amide bonds. The summed E-state index contributed by atoms with van der Waals surface area (Å²) in [6, 6.07) is 0.378. The third-order valence-corrected chi connectivity index (χ3v) is 3.71. The third-order valence-electron chi connectivity index (χ3n) is 3.71. The number of hydrogen-bond acceptors (Lipinski definition) is 2. The summed E-state index contributed by atoms with van der Waals surface area (Å²) in [6.45, 7) is 0. The van der Waals surface area contributed by atoms with Crippen molar-refractivity contribution < 1.29 is 0 Å². The Morgan fingerprint density at radius 2 is 2.14 bits per heavy atom. The van der Waals surface area contributed by atoms with Gasteiger partial charge in [-0.1, -0.05) is 0 Å². The van der Waals surface area contributed by atoms with Gasteiger partial charge in [-0.25, -0.2) is 0 Å². The summed E-state index contributed by atoms with van der Waals surface area (Å²) in [7, 11) is 2.05. The molecule has 76 valence electrons. The van der Waals surface area contributed by atoms with Crippen LogP contribution < -0.4 is 5.73 Å². The highest BCUT2D eigenvalue weighted by molar-refractivity contribution is 5.31. The van der Waals surface area contributed by atoms with Crippen LogP contribution in [-0.4, -0.2) is 15.8 Å². The lowest BCUT2D eigenvalue weighted by molar-refractivity contribution is 0.329. The van der Waals surface area contributed by atoms with Gasteiger partial charge in [0.25, 0.3) is 0 Å². The fourth-order valence-electron chi connectivity index (χ4n) is 2.49. The Morgan fingerprint density at radius 1 is 1.36 bits per heavy atom. The summed E-state index contributed by atoms with van der Waals surface area (Å²) in [5, 5.41) is 4.38. The molecule has 2 saturated carbocycles. The van der Waals surface area contributed by atoms with E-state index in [0.717, 1.165) is 5.92 Å². The number of nitrogens with zero attached hydrogens (tertiary/aromatic N) is 2. The molecule has 14 heavy (non-hydrogen) atoms. The van der Waals surface area contributed by atoms with Gasteiger partial charge < -0.3 is 5.73 Å². The normalized spacial score (nSPS) is 31.6. The monoisotopic (exact) mass is 191 g/mol. The largest absolute Gasteiger partial charge is 0.327 e. The van der Waals surface area contributed by atoms with Crippen LogP contribution in [0.1, 0.15) is 48.8 Å². The number of rotatable bonds is 2. The lowest BCUT2D eigenvalue weighted by Gasteiger charge is -2.34. The van der Waals surface area contributed by atoms with Gasteiger partial charge in [0.05, 0.1) is 6.20 Å². The minimum absolute atomic E-state index is 0.378. The second-order valence-corrected chi connectivity index (χ2v) is 4.73. The van der Waals surface area contributed by atoms with Gasteiger partial charge in [-0.2, -0.15) is 5.10 Å². The van der Waals surface area contributed by atoms with Gasteiger partial charge in [-0.15, -0.1) is 0 Å². The van der Waals surface area contributed by atoms with Gasteiger partial charge in [0, 0.05) is 24.7 Å². The van der Waals surface area contributed by atoms with Crippen molar-refractivity contribution in [1.29, 1.82) is 0 Å². The minimum Gasteiger partial charge on any atom is -0.327 e. The molecule has 3 nitrogen and oxygen atoms in total. The van der Waals surface area contributed by atoms with Crippen LogP contribution in [0.5, 0.6) is 0 Å². The Bertz CT molecular complexity index is 351. The zero-order valence-electron chi connectivity index (χ0n) is 8.61. The summed E-state index contributed by atoms with van der Waals surface area (Å²) in [4.78, 5) is 0. The number of aromatic nitrogens is 2. The van der Waals surface area contributed by atoms with E-state index in [0.29, 0.717) is 12.0 Å². The van der Waals surface area contributed by atoms with E-state index in [9.17, 15) is 0 Å². The first-order valence-corrected chi connectivity index (χ1v) is 5.54. The van der Waals surface area contributed by atoms with E-state index < -0.39 is 0 Å². The van der Waals surface area contributed by atoms with Crippen LogP contribution in [0.3, 0.4) is 0 Å². The molecule has 0 aromatic carbocycles. The predicted molar refractivity (Wildman–Crippen MR) is 55.1 cm³/mol. The van der Waals surface area contributed by atoms with E-state index in [-0.39, 0.29) is 0 Å². The molecule has 1 heterocycles. The number of nitrogens with two attached hydrogens (primary N) is 1. The van der Waals surface area contributed by atoms with E-state index in [4.69, 9.17) is 5.73 Å². The minimum atomic E-state index is 0.378. The molecule has 2 unspecified atom stereocenters. The molecule has 1 aromatic heterocycles. The summed E-state index contributed by atoms with van der Waals surface area (Å²) < 4.78 is 2.04. The van der Waals surface area contributed by atoms with E-state index in [1.54, 1.807) is 0 Å². The zero-order valence-corrected chi connectivity index (χ0v) is 8.61. The quantitative estimate of drug-likeness (QED) is 0.770. The fraction of sp³-hybridized carbons (Fsp3) is 0.727. The maximum Gasteiger partial charge on any atom is 0.0527 e. The van der Waals surface area contributed by atoms with Gasteiger partial charge in [0.2, 0.25) is 0 Å². The molecule has 2 N–H and O–H groups in total. The van der Waals surface area contributed by atoms with Crippen molar-refractivity contribution >= 4 is 0 Å². The number of aryl methyl sites for hydroxylation is 1. The average Bonchev–Trinajstić information content (AvgIpc) is 2.93. The molecule has 2 aliphatic carbocycles. The summed E-state index contributed by atoms with van der Waals surface area (Å²) >= 11 is 0. The Kier molecular flexibility index (Phi) is 1.71. The molecular formula is C11H17N3. The van der Waals surface area contributed by atoms with Crippen molar-refractivity contribution in [3.8, 4) is 0 Å². The average molecular weight is 191 g/mol. The highest BCUT2D eigenvalue weighted by Gasteiger charge is 2.37. The topological polar surface area (TPSA) is 43.8 Å². The molecule has 2 fully saturated rings. The van der Waals surface area contributed by atoms with Crippen molar-refractivity contribution in [2.75, 3.05) is 0 Å². The molecule has 0 radical (unpaired) electrons. The van der Waals surface area contributed by atoms with Gasteiger partial charge in [-0.05, 0) is 37.2 Å². The maximum atomic E-state index is 6.03. The molecule has 2 aliphatic rings. The van der Waals surface area contributed by atoms with Crippen molar-refractivity contribution in [2.45, 2.75) is 43.6 Å². The van der Waals surface area contributed by atoms with Crippen molar-refractivity contribution in [2.24, 2.45) is 12.8 Å². The second kappa shape index (κ2) is 2.83. The van der Waals surface area contributed by atoms with Crippen LogP contribution >= 0.6 is 0 Å². The van der Waals surface area contributed by atoms with Crippen LogP contribution in [-0.2, 0) is 7.05 Å². The second-order valence-electron chi connectivity index (χ2n) is 4.73. The van der Waals surface area contributed by atoms with Crippen LogP contribution in [0.2, 0.25) is 0 Å². The maximum absolute atomic E-state index is 6.03. The first-order valence-electron chi connectivity index (χ1n) is 5.54. The van der Waals surface area contributed by atoms with Crippen molar-refractivity contribution in [1.82, 2.24) is 9.78 Å². The summed E-state index contributed by atoms with van der Waals surface area (Å²) in [5.41, 5.74) is 8.93. The van der Waals surface area contributed by atoms with Crippen molar-refractivity contribution in [3.63, 3.8) is 0 Å². The van der Waals surface area contributed by atoms with E-state index in [1.165, 1.54) is 36.9 Å². The summed E-state index contributed by atoms with van der Waals surface area (Å²) in [6.07, 6.45) is 7.18. The Balaban J connectivity index is 1.97. The molecule has 1 aromatic rings.